The number of hydrogen-bond donors (Lipinski definition) is 1. The summed E-state index contributed by atoms with van der Waals surface area (Å²) < 4.78 is 23.8. The van der Waals surface area contributed by atoms with Gasteiger partial charge in [0, 0.05) is 24.6 Å². The third-order valence-corrected chi connectivity index (χ3v) is 2.72. The van der Waals surface area contributed by atoms with Gasteiger partial charge in [-0.1, -0.05) is 0 Å². The Kier molecular flexibility index (Phi) is 2.77. The molecule has 4 heteroatoms. The minimum absolute atomic E-state index is 0.283. The standard InChI is InChI=1S/C11H14FNO2/c1-14-9-4-3-8(12)11(15-2)10(9)7-5-13-6-7/h3-4,7,13H,5-6H2,1-2H3. The second-order valence-corrected chi connectivity index (χ2v) is 3.55. The number of halogens is 1. The van der Waals surface area contributed by atoms with Gasteiger partial charge in [-0.25, -0.2) is 4.39 Å². The van der Waals surface area contributed by atoms with Gasteiger partial charge in [-0.2, -0.15) is 0 Å². The van der Waals surface area contributed by atoms with Crippen molar-refractivity contribution in [1.82, 2.24) is 5.32 Å². The van der Waals surface area contributed by atoms with Gasteiger partial charge in [0.2, 0.25) is 0 Å². The van der Waals surface area contributed by atoms with Crippen LogP contribution in [0.2, 0.25) is 0 Å². The molecular formula is C11H14FNO2. The van der Waals surface area contributed by atoms with E-state index in [2.05, 4.69) is 5.32 Å². The topological polar surface area (TPSA) is 30.5 Å². The van der Waals surface area contributed by atoms with E-state index in [1.165, 1.54) is 13.2 Å². The van der Waals surface area contributed by atoms with Gasteiger partial charge in [-0.15, -0.1) is 0 Å². The molecule has 0 radical (unpaired) electrons. The molecule has 0 unspecified atom stereocenters. The molecule has 0 aliphatic carbocycles. The molecule has 1 saturated heterocycles. The first-order chi connectivity index (χ1) is 7.27. The van der Waals surface area contributed by atoms with Gasteiger partial charge in [0.25, 0.3) is 0 Å². The van der Waals surface area contributed by atoms with E-state index in [0.717, 1.165) is 18.7 Å². The molecule has 1 aromatic rings. The lowest BCUT2D eigenvalue weighted by atomic mass is 9.92. The predicted octanol–water partition coefficient (Wildman–Crippen LogP) is 1.53. The van der Waals surface area contributed by atoms with Crippen molar-refractivity contribution >= 4 is 0 Å². The van der Waals surface area contributed by atoms with E-state index in [4.69, 9.17) is 9.47 Å². The molecule has 0 bridgehead atoms. The normalized spacial score (nSPS) is 15.9. The Morgan fingerprint density at radius 3 is 2.47 bits per heavy atom. The van der Waals surface area contributed by atoms with Crippen LogP contribution in [0.25, 0.3) is 0 Å². The third kappa shape index (κ3) is 1.65. The Labute approximate surface area is 88.2 Å². The van der Waals surface area contributed by atoms with Crippen LogP contribution < -0.4 is 14.8 Å². The van der Waals surface area contributed by atoms with Gasteiger partial charge < -0.3 is 14.8 Å². The Bertz CT molecular complexity index is 364. The van der Waals surface area contributed by atoms with Crippen LogP contribution in [-0.2, 0) is 0 Å². The quantitative estimate of drug-likeness (QED) is 0.822. The summed E-state index contributed by atoms with van der Waals surface area (Å²) in [7, 11) is 3.07. The molecule has 0 amide bonds. The van der Waals surface area contributed by atoms with E-state index in [1.807, 2.05) is 0 Å². The molecule has 1 aliphatic heterocycles. The van der Waals surface area contributed by atoms with Crippen LogP contribution in [0.15, 0.2) is 12.1 Å². The summed E-state index contributed by atoms with van der Waals surface area (Å²) >= 11 is 0. The van der Waals surface area contributed by atoms with Crippen molar-refractivity contribution in [1.29, 1.82) is 0 Å². The number of hydrogen-bond acceptors (Lipinski definition) is 3. The monoisotopic (exact) mass is 211 g/mol. The van der Waals surface area contributed by atoms with Crippen molar-refractivity contribution in [2.24, 2.45) is 0 Å². The van der Waals surface area contributed by atoms with E-state index in [-0.39, 0.29) is 11.7 Å². The van der Waals surface area contributed by atoms with Crippen molar-refractivity contribution < 1.29 is 13.9 Å². The summed E-state index contributed by atoms with van der Waals surface area (Å²) in [6, 6.07) is 3.01. The molecule has 1 aliphatic rings. The molecule has 0 spiro atoms. The summed E-state index contributed by atoms with van der Waals surface area (Å²) in [5.74, 6) is 0.950. The molecule has 82 valence electrons. The average molecular weight is 211 g/mol. The van der Waals surface area contributed by atoms with Crippen LogP contribution in [0.5, 0.6) is 11.5 Å². The highest BCUT2D eigenvalue weighted by atomic mass is 19.1. The van der Waals surface area contributed by atoms with E-state index < -0.39 is 0 Å². The number of methoxy groups -OCH3 is 2. The third-order valence-electron chi connectivity index (χ3n) is 2.72. The van der Waals surface area contributed by atoms with Crippen LogP contribution >= 0.6 is 0 Å². The van der Waals surface area contributed by atoms with Crippen LogP contribution in [0.3, 0.4) is 0 Å². The largest absolute Gasteiger partial charge is 0.496 e. The molecule has 1 aromatic carbocycles. The predicted molar refractivity (Wildman–Crippen MR) is 55.1 cm³/mol. The van der Waals surface area contributed by atoms with Gasteiger partial charge in [-0.3, -0.25) is 0 Å². The summed E-state index contributed by atoms with van der Waals surface area (Å²) in [6.45, 7) is 1.69. The van der Waals surface area contributed by atoms with E-state index in [1.54, 1.807) is 13.2 Å². The summed E-state index contributed by atoms with van der Waals surface area (Å²) in [5.41, 5.74) is 0.832. The number of ether oxygens (including phenoxy) is 2. The fraction of sp³-hybridized carbons (Fsp3) is 0.455. The average Bonchev–Trinajstić information content (AvgIpc) is 2.16. The van der Waals surface area contributed by atoms with Crippen molar-refractivity contribution in [2.45, 2.75) is 5.92 Å². The maximum Gasteiger partial charge on any atom is 0.165 e. The number of benzene rings is 1. The minimum Gasteiger partial charge on any atom is -0.496 e. The number of rotatable bonds is 3. The highest BCUT2D eigenvalue weighted by Gasteiger charge is 2.27. The lowest BCUT2D eigenvalue weighted by molar-refractivity contribution is 0.342. The Hall–Kier alpha value is -1.29. The smallest absolute Gasteiger partial charge is 0.165 e. The van der Waals surface area contributed by atoms with Crippen molar-refractivity contribution in [2.75, 3.05) is 27.3 Å². The highest BCUT2D eigenvalue weighted by molar-refractivity contribution is 5.49. The molecule has 1 N–H and O–H groups in total. The lowest BCUT2D eigenvalue weighted by Gasteiger charge is -2.30. The molecule has 0 atom stereocenters. The fourth-order valence-corrected chi connectivity index (χ4v) is 1.82. The molecule has 0 saturated carbocycles. The van der Waals surface area contributed by atoms with E-state index >= 15 is 0 Å². The van der Waals surface area contributed by atoms with Gasteiger partial charge >= 0.3 is 0 Å². The lowest BCUT2D eigenvalue weighted by Crippen LogP contribution is -2.40. The zero-order chi connectivity index (χ0) is 10.8. The molecule has 3 nitrogen and oxygen atoms in total. The first kappa shape index (κ1) is 10.2. The van der Waals surface area contributed by atoms with Gasteiger partial charge in [0.15, 0.2) is 11.6 Å². The number of nitrogens with one attached hydrogen (secondary N) is 1. The molecule has 0 aromatic heterocycles. The van der Waals surface area contributed by atoms with Crippen LogP contribution in [0.4, 0.5) is 4.39 Å². The second-order valence-electron chi connectivity index (χ2n) is 3.55. The van der Waals surface area contributed by atoms with Crippen LogP contribution in [-0.4, -0.2) is 27.3 Å². The zero-order valence-electron chi connectivity index (χ0n) is 8.84. The van der Waals surface area contributed by atoms with Crippen molar-refractivity contribution in [3.05, 3.63) is 23.5 Å². The first-order valence-electron chi connectivity index (χ1n) is 4.89. The molecule has 15 heavy (non-hydrogen) atoms. The molecule has 2 rings (SSSR count). The Balaban J connectivity index is 2.48. The maximum atomic E-state index is 13.5. The van der Waals surface area contributed by atoms with Gasteiger partial charge in [0.1, 0.15) is 5.75 Å². The fourth-order valence-electron chi connectivity index (χ4n) is 1.82. The van der Waals surface area contributed by atoms with Crippen molar-refractivity contribution in [3.63, 3.8) is 0 Å². The highest BCUT2D eigenvalue weighted by Crippen LogP contribution is 2.38. The Morgan fingerprint density at radius 2 is 2.00 bits per heavy atom. The van der Waals surface area contributed by atoms with Crippen LogP contribution in [0, 0.1) is 5.82 Å². The summed E-state index contributed by atoms with van der Waals surface area (Å²) in [5, 5.41) is 3.15. The van der Waals surface area contributed by atoms with Crippen LogP contribution in [0.1, 0.15) is 11.5 Å². The summed E-state index contributed by atoms with van der Waals surface area (Å²) in [6.07, 6.45) is 0. The molecule has 1 fully saturated rings. The zero-order valence-corrected chi connectivity index (χ0v) is 8.84. The molecule has 1 heterocycles. The maximum absolute atomic E-state index is 13.5. The molecular weight excluding hydrogens is 197 g/mol. The second kappa shape index (κ2) is 4.06. The van der Waals surface area contributed by atoms with Gasteiger partial charge in [0.05, 0.1) is 14.2 Å². The first-order valence-corrected chi connectivity index (χ1v) is 4.89. The van der Waals surface area contributed by atoms with E-state index in [0.29, 0.717) is 11.5 Å². The van der Waals surface area contributed by atoms with Crippen molar-refractivity contribution in [3.8, 4) is 11.5 Å². The minimum atomic E-state index is -0.333. The van der Waals surface area contributed by atoms with E-state index in [9.17, 15) is 4.39 Å². The SMILES string of the molecule is COc1ccc(F)c(OC)c1C1CNC1. The Morgan fingerprint density at radius 1 is 1.27 bits per heavy atom. The van der Waals surface area contributed by atoms with Gasteiger partial charge in [-0.05, 0) is 12.1 Å². The summed E-state index contributed by atoms with van der Waals surface area (Å²) in [4.78, 5) is 0.